The van der Waals surface area contributed by atoms with Crippen molar-refractivity contribution < 1.29 is 9.90 Å². The van der Waals surface area contributed by atoms with Gasteiger partial charge in [0.15, 0.2) is 5.16 Å². The normalized spacial score (nSPS) is 30.3. The van der Waals surface area contributed by atoms with Crippen molar-refractivity contribution in [1.82, 2.24) is 14.8 Å². The highest BCUT2D eigenvalue weighted by Gasteiger charge is 2.55. The minimum atomic E-state index is -0.817. The van der Waals surface area contributed by atoms with Crippen molar-refractivity contribution in [2.75, 3.05) is 5.75 Å². The van der Waals surface area contributed by atoms with Crippen LogP contribution in [0.2, 0.25) is 0 Å². The molecule has 2 saturated carbocycles. The van der Waals surface area contributed by atoms with Crippen molar-refractivity contribution in [3.05, 3.63) is 5.82 Å². The van der Waals surface area contributed by atoms with Crippen molar-refractivity contribution in [3.8, 4) is 0 Å². The fraction of sp³-hybridized carbons (Fsp3) is 0.727. The van der Waals surface area contributed by atoms with Crippen molar-refractivity contribution in [1.29, 1.82) is 0 Å². The highest BCUT2D eigenvalue weighted by atomic mass is 32.2. The van der Waals surface area contributed by atoms with Crippen molar-refractivity contribution in [2.24, 2.45) is 18.9 Å². The van der Waals surface area contributed by atoms with Gasteiger partial charge in [-0.25, -0.2) is 0 Å². The molecule has 5 nitrogen and oxygen atoms in total. The number of hydrogen-bond donors (Lipinski definition) is 1. The van der Waals surface area contributed by atoms with Crippen LogP contribution in [0.15, 0.2) is 5.16 Å². The summed E-state index contributed by atoms with van der Waals surface area (Å²) in [4.78, 5) is 10.5. The zero-order valence-electron chi connectivity index (χ0n) is 9.67. The van der Waals surface area contributed by atoms with E-state index < -0.39 is 5.97 Å². The second-order valence-corrected chi connectivity index (χ2v) is 5.81. The van der Waals surface area contributed by atoms with Gasteiger partial charge in [0, 0.05) is 13.0 Å². The summed E-state index contributed by atoms with van der Waals surface area (Å²) in [7, 11) is 1.94. The maximum absolute atomic E-state index is 10.5. The van der Waals surface area contributed by atoms with Gasteiger partial charge in [-0.1, -0.05) is 18.2 Å². The Hall–Kier alpha value is -1.04. The van der Waals surface area contributed by atoms with Crippen LogP contribution < -0.4 is 0 Å². The molecule has 2 unspecified atom stereocenters. The van der Waals surface area contributed by atoms with Crippen LogP contribution in [-0.2, 0) is 11.8 Å². The van der Waals surface area contributed by atoms with Crippen molar-refractivity contribution in [2.45, 2.75) is 30.3 Å². The summed E-state index contributed by atoms with van der Waals surface area (Å²) >= 11 is 1.24. The highest BCUT2D eigenvalue weighted by molar-refractivity contribution is 7.99. The van der Waals surface area contributed by atoms with Gasteiger partial charge in [0.1, 0.15) is 5.82 Å². The number of nitrogens with zero attached hydrogens (tertiary/aromatic N) is 3. The van der Waals surface area contributed by atoms with E-state index >= 15 is 0 Å². The molecule has 0 spiro atoms. The van der Waals surface area contributed by atoms with Gasteiger partial charge in [0.25, 0.3) is 0 Å². The van der Waals surface area contributed by atoms with Gasteiger partial charge in [-0.3, -0.25) is 4.79 Å². The maximum Gasteiger partial charge on any atom is 0.313 e. The zero-order valence-corrected chi connectivity index (χ0v) is 10.5. The Morgan fingerprint density at radius 1 is 1.47 bits per heavy atom. The zero-order chi connectivity index (χ0) is 12.0. The van der Waals surface area contributed by atoms with Crippen LogP contribution in [0.4, 0.5) is 0 Å². The Balaban J connectivity index is 1.72. The lowest BCUT2D eigenvalue weighted by molar-refractivity contribution is -0.133. The molecule has 1 N–H and O–H groups in total. The van der Waals surface area contributed by atoms with E-state index in [-0.39, 0.29) is 5.75 Å². The molecular formula is C11H15N3O2S. The number of carboxylic acid groups (broad SMARTS) is 1. The average molecular weight is 253 g/mol. The molecule has 1 heterocycles. The van der Waals surface area contributed by atoms with E-state index in [9.17, 15) is 4.79 Å². The Kier molecular flexibility index (Phi) is 2.61. The summed E-state index contributed by atoms with van der Waals surface area (Å²) in [6, 6.07) is 0. The van der Waals surface area contributed by atoms with Crippen LogP contribution in [0, 0.1) is 11.8 Å². The van der Waals surface area contributed by atoms with Crippen LogP contribution in [0.3, 0.4) is 0 Å². The summed E-state index contributed by atoms with van der Waals surface area (Å²) in [6.07, 6.45) is 3.99. The second kappa shape index (κ2) is 4.01. The van der Waals surface area contributed by atoms with E-state index in [0.717, 1.165) is 17.7 Å². The molecule has 2 fully saturated rings. The summed E-state index contributed by atoms with van der Waals surface area (Å²) in [5.74, 6) is 2.49. The van der Waals surface area contributed by atoms with Crippen LogP contribution in [0.25, 0.3) is 0 Å². The summed E-state index contributed by atoms with van der Waals surface area (Å²) < 4.78 is 1.97. The number of aliphatic carboxylic acids is 1. The van der Waals surface area contributed by atoms with Crippen LogP contribution >= 0.6 is 11.8 Å². The minimum Gasteiger partial charge on any atom is -0.481 e. The van der Waals surface area contributed by atoms with Gasteiger partial charge in [0.2, 0.25) is 0 Å². The summed E-state index contributed by atoms with van der Waals surface area (Å²) in [6.45, 7) is 0. The van der Waals surface area contributed by atoms with E-state index in [1.165, 1.54) is 31.0 Å². The Morgan fingerprint density at radius 3 is 2.82 bits per heavy atom. The van der Waals surface area contributed by atoms with Gasteiger partial charge in [-0.15, -0.1) is 10.2 Å². The average Bonchev–Trinajstić information content (AvgIpc) is 2.66. The molecule has 17 heavy (non-hydrogen) atoms. The van der Waals surface area contributed by atoms with E-state index in [1.807, 2.05) is 11.6 Å². The number of fused-ring (bicyclic) bond motifs is 1. The molecule has 3 rings (SSSR count). The van der Waals surface area contributed by atoms with Gasteiger partial charge >= 0.3 is 5.97 Å². The topological polar surface area (TPSA) is 68.0 Å². The molecule has 0 aromatic carbocycles. The van der Waals surface area contributed by atoms with Crippen LogP contribution in [-0.4, -0.2) is 31.6 Å². The van der Waals surface area contributed by atoms with Gasteiger partial charge < -0.3 is 9.67 Å². The summed E-state index contributed by atoms with van der Waals surface area (Å²) in [5.41, 5.74) is 0. The molecule has 0 amide bonds. The number of carboxylic acids is 1. The highest BCUT2D eigenvalue weighted by Crippen LogP contribution is 2.62. The predicted octanol–water partition coefficient (Wildman–Crippen LogP) is 1.51. The lowest BCUT2D eigenvalue weighted by atomic mass is 10.1. The van der Waals surface area contributed by atoms with Crippen molar-refractivity contribution in [3.63, 3.8) is 0 Å². The molecule has 6 heteroatoms. The van der Waals surface area contributed by atoms with E-state index in [0.29, 0.717) is 11.1 Å². The number of carbonyl (C=O) groups is 1. The third kappa shape index (κ3) is 1.84. The number of hydrogen-bond acceptors (Lipinski definition) is 4. The first kappa shape index (κ1) is 11.1. The van der Waals surface area contributed by atoms with Gasteiger partial charge in [0.05, 0.1) is 5.75 Å². The molecular weight excluding hydrogens is 238 g/mol. The SMILES string of the molecule is Cn1c(SCC(=O)O)nnc1C1C2CCCC21. The standard InChI is InChI=1S/C11H15N3O2S/c1-14-10(9-6-3-2-4-7(6)9)12-13-11(14)17-5-8(15)16/h6-7,9H,2-5H2,1H3,(H,15,16). The van der Waals surface area contributed by atoms with Crippen molar-refractivity contribution >= 4 is 17.7 Å². The third-order valence-corrected chi connectivity index (χ3v) is 4.90. The molecule has 2 aliphatic carbocycles. The molecule has 2 aliphatic rings. The lowest BCUT2D eigenvalue weighted by Gasteiger charge is -2.04. The smallest absolute Gasteiger partial charge is 0.313 e. The molecule has 0 radical (unpaired) electrons. The first-order valence-corrected chi connectivity index (χ1v) is 6.91. The van der Waals surface area contributed by atoms with E-state index in [1.54, 1.807) is 0 Å². The Labute approximate surface area is 104 Å². The largest absolute Gasteiger partial charge is 0.481 e. The van der Waals surface area contributed by atoms with Gasteiger partial charge in [-0.05, 0) is 24.7 Å². The molecule has 92 valence electrons. The molecule has 0 saturated heterocycles. The first-order valence-electron chi connectivity index (χ1n) is 5.92. The van der Waals surface area contributed by atoms with Crippen LogP contribution in [0.5, 0.6) is 0 Å². The second-order valence-electron chi connectivity index (χ2n) is 4.87. The lowest BCUT2D eigenvalue weighted by Crippen LogP contribution is -2.03. The maximum atomic E-state index is 10.5. The molecule has 2 atom stereocenters. The fourth-order valence-electron chi connectivity index (χ4n) is 3.07. The third-order valence-electron chi connectivity index (χ3n) is 3.90. The van der Waals surface area contributed by atoms with E-state index in [4.69, 9.17) is 5.11 Å². The quantitative estimate of drug-likeness (QED) is 0.824. The molecule has 0 bridgehead atoms. The van der Waals surface area contributed by atoms with Gasteiger partial charge in [-0.2, -0.15) is 0 Å². The monoisotopic (exact) mass is 253 g/mol. The summed E-state index contributed by atoms with van der Waals surface area (Å²) in [5, 5.41) is 17.7. The number of aromatic nitrogens is 3. The molecule has 1 aromatic heterocycles. The number of thioether (sulfide) groups is 1. The predicted molar refractivity (Wildman–Crippen MR) is 62.9 cm³/mol. The number of rotatable bonds is 4. The Morgan fingerprint density at radius 2 is 2.18 bits per heavy atom. The first-order chi connectivity index (χ1) is 8.18. The minimum absolute atomic E-state index is 0.0451. The Bertz CT molecular complexity index is 450. The van der Waals surface area contributed by atoms with Crippen LogP contribution in [0.1, 0.15) is 31.0 Å². The fourth-order valence-corrected chi connectivity index (χ4v) is 3.71. The molecule has 0 aliphatic heterocycles. The van der Waals surface area contributed by atoms with E-state index in [2.05, 4.69) is 10.2 Å². The molecule has 1 aromatic rings.